The quantitative estimate of drug-likeness (QED) is 0.625. The van der Waals surface area contributed by atoms with Gasteiger partial charge < -0.3 is 5.32 Å². The van der Waals surface area contributed by atoms with Crippen LogP contribution in [0.3, 0.4) is 0 Å². The van der Waals surface area contributed by atoms with Gasteiger partial charge in [0.05, 0.1) is 18.1 Å². The molecule has 4 aromatic heterocycles. The lowest BCUT2D eigenvalue weighted by molar-refractivity contribution is 0.102. The van der Waals surface area contributed by atoms with Crippen molar-refractivity contribution in [2.75, 3.05) is 5.32 Å². The maximum Gasteiger partial charge on any atom is 0.275 e. The Labute approximate surface area is 137 Å². The molecule has 0 radical (unpaired) electrons. The summed E-state index contributed by atoms with van der Waals surface area (Å²) in [6, 6.07) is 3.85. The molecule has 0 bridgehead atoms. The van der Waals surface area contributed by atoms with Crippen LogP contribution in [0.4, 0.5) is 5.69 Å². The number of nitrogens with one attached hydrogen (secondary N) is 1. The summed E-state index contributed by atoms with van der Waals surface area (Å²) in [7, 11) is 0. The van der Waals surface area contributed by atoms with Gasteiger partial charge in [-0.3, -0.25) is 9.20 Å². The van der Waals surface area contributed by atoms with E-state index >= 15 is 0 Å². The zero-order valence-electron chi connectivity index (χ0n) is 13.2. The lowest BCUT2D eigenvalue weighted by Gasteiger charge is -2.07. The number of pyridine rings is 1. The fourth-order valence-electron chi connectivity index (χ4n) is 2.52. The van der Waals surface area contributed by atoms with Gasteiger partial charge in [-0.1, -0.05) is 0 Å². The summed E-state index contributed by atoms with van der Waals surface area (Å²) < 4.78 is 3.54. The molecule has 4 aromatic rings. The molecule has 4 heterocycles. The van der Waals surface area contributed by atoms with E-state index in [1.165, 1.54) is 0 Å². The first-order chi connectivity index (χ1) is 11.6. The average Bonchev–Trinajstić information content (AvgIpc) is 3.18. The smallest absolute Gasteiger partial charge is 0.275 e. The zero-order valence-corrected chi connectivity index (χ0v) is 13.2. The number of hydrogen-bond acceptors (Lipinski definition) is 5. The van der Waals surface area contributed by atoms with Gasteiger partial charge in [0.15, 0.2) is 5.65 Å². The van der Waals surface area contributed by atoms with E-state index < -0.39 is 0 Å². The number of rotatable bonds is 3. The molecule has 8 nitrogen and oxygen atoms in total. The standard InChI is InChI=1S/C16H15N7O/c1-10(2)23-14-11(7-19-23)6-12(8-18-14)20-15(24)13-9-22-5-3-4-17-16(22)21-13/h3-10H,1-2H3,(H,20,24). The van der Waals surface area contributed by atoms with E-state index in [4.69, 9.17) is 0 Å². The Morgan fingerprint density at radius 3 is 2.92 bits per heavy atom. The SMILES string of the molecule is CC(C)n1ncc2cc(NC(=O)c3cn4cccnc4n3)cnc21. The van der Waals surface area contributed by atoms with Crippen LogP contribution in [0.1, 0.15) is 30.4 Å². The van der Waals surface area contributed by atoms with Crippen molar-refractivity contribution in [2.45, 2.75) is 19.9 Å². The van der Waals surface area contributed by atoms with Crippen LogP contribution in [0, 0.1) is 0 Å². The maximum absolute atomic E-state index is 12.4. The van der Waals surface area contributed by atoms with E-state index in [1.807, 2.05) is 24.6 Å². The van der Waals surface area contributed by atoms with Gasteiger partial charge in [-0.15, -0.1) is 0 Å². The Morgan fingerprint density at radius 2 is 2.12 bits per heavy atom. The highest BCUT2D eigenvalue weighted by atomic mass is 16.1. The van der Waals surface area contributed by atoms with Crippen LogP contribution >= 0.6 is 0 Å². The third kappa shape index (κ3) is 2.37. The molecule has 0 unspecified atom stereocenters. The van der Waals surface area contributed by atoms with Crippen molar-refractivity contribution in [3.05, 3.63) is 48.8 Å². The van der Waals surface area contributed by atoms with E-state index in [-0.39, 0.29) is 11.9 Å². The summed E-state index contributed by atoms with van der Waals surface area (Å²) in [5, 5.41) is 8.00. The summed E-state index contributed by atoms with van der Waals surface area (Å²) in [6.07, 6.45) is 8.43. The van der Waals surface area contributed by atoms with Crippen molar-refractivity contribution < 1.29 is 4.79 Å². The van der Waals surface area contributed by atoms with Crippen molar-refractivity contribution in [1.29, 1.82) is 0 Å². The van der Waals surface area contributed by atoms with Crippen LogP contribution in [-0.4, -0.2) is 35.0 Å². The van der Waals surface area contributed by atoms with Crippen molar-refractivity contribution in [2.24, 2.45) is 0 Å². The predicted octanol–water partition coefficient (Wildman–Crippen LogP) is 2.31. The molecule has 1 amide bonds. The van der Waals surface area contributed by atoms with Gasteiger partial charge in [-0.2, -0.15) is 5.10 Å². The van der Waals surface area contributed by atoms with Crippen molar-refractivity contribution in [3.63, 3.8) is 0 Å². The largest absolute Gasteiger partial charge is 0.319 e. The third-order valence-corrected chi connectivity index (χ3v) is 3.65. The highest BCUT2D eigenvalue weighted by Crippen LogP contribution is 2.19. The summed E-state index contributed by atoms with van der Waals surface area (Å²) in [5.41, 5.74) is 1.69. The van der Waals surface area contributed by atoms with Gasteiger partial charge in [0.1, 0.15) is 5.69 Å². The first-order valence-electron chi connectivity index (χ1n) is 7.56. The highest BCUT2D eigenvalue weighted by Gasteiger charge is 2.13. The molecule has 24 heavy (non-hydrogen) atoms. The van der Waals surface area contributed by atoms with Crippen molar-refractivity contribution >= 4 is 28.4 Å². The van der Waals surface area contributed by atoms with E-state index in [2.05, 4.69) is 25.4 Å². The van der Waals surface area contributed by atoms with E-state index in [9.17, 15) is 4.79 Å². The van der Waals surface area contributed by atoms with Crippen LogP contribution < -0.4 is 5.32 Å². The van der Waals surface area contributed by atoms with Gasteiger partial charge >= 0.3 is 0 Å². The average molecular weight is 321 g/mol. The number of aromatic nitrogens is 6. The first-order valence-corrected chi connectivity index (χ1v) is 7.56. The Hall–Kier alpha value is -3.29. The van der Waals surface area contributed by atoms with Crippen LogP contribution in [0.5, 0.6) is 0 Å². The second-order valence-electron chi connectivity index (χ2n) is 5.73. The molecular formula is C16H15N7O. The second-order valence-corrected chi connectivity index (χ2v) is 5.73. The number of hydrogen-bond donors (Lipinski definition) is 1. The molecule has 0 saturated carbocycles. The van der Waals surface area contributed by atoms with E-state index in [0.29, 0.717) is 17.2 Å². The Balaban J connectivity index is 1.62. The first kappa shape index (κ1) is 14.3. The van der Waals surface area contributed by atoms with Gasteiger partial charge in [0.2, 0.25) is 5.78 Å². The molecule has 1 N–H and O–H groups in total. The molecule has 120 valence electrons. The molecule has 0 saturated heterocycles. The van der Waals surface area contributed by atoms with E-state index in [0.717, 1.165) is 11.0 Å². The van der Waals surface area contributed by atoms with Crippen LogP contribution in [0.25, 0.3) is 16.8 Å². The molecule has 0 atom stereocenters. The van der Waals surface area contributed by atoms with Crippen molar-refractivity contribution in [1.82, 2.24) is 29.1 Å². The summed E-state index contributed by atoms with van der Waals surface area (Å²) in [4.78, 5) is 25.1. The third-order valence-electron chi connectivity index (χ3n) is 3.65. The van der Waals surface area contributed by atoms with Crippen LogP contribution in [0.15, 0.2) is 43.1 Å². The molecule has 4 rings (SSSR count). The van der Waals surface area contributed by atoms with Gasteiger partial charge in [-0.05, 0) is 26.0 Å². The minimum absolute atomic E-state index is 0.223. The summed E-state index contributed by atoms with van der Waals surface area (Å²) >= 11 is 0. The molecule has 0 aliphatic carbocycles. The molecule has 0 spiro atoms. The number of amides is 1. The lowest BCUT2D eigenvalue weighted by Crippen LogP contribution is -2.12. The Morgan fingerprint density at radius 1 is 1.25 bits per heavy atom. The fraction of sp³-hybridized carbons (Fsp3) is 0.188. The van der Waals surface area contributed by atoms with E-state index in [1.54, 1.807) is 41.5 Å². The molecule has 0 aromatic carbocycles. The molecule has 0 fully saturated rings. The fourth-order valence-corrected chi connectivity index (χ4v) is 2.52. The second kappa shape index (κ2) is 5.41. The molecule has 0 aliphatic heterocycles. The Kier molecular flexibility index (Phi) is 3.23. The number of carbonyl (C=O) groups excluding carboxylic acids is 1. The number of carbonyl (C=O) groups is 1. The topological polar surface area (TPSA) is 90.0 Å². The number of imidazole rings is 1. The number of anilines is 1. The number of nitrogens with zero attached hydrogens (tertiary/aromatic N) is 6. The highest BCUT2D eigenvalue weighted by molar-refractivity contribution is 6.03. The zero-order chi connectivity index (χ0) is 16.7. The Bertz CT molecular complexity index is 1010. The van der Waals surface area contributed by atoms with Gasteiger partial charge in [0.25, 0.3) is 5.91 Å². The summed E-state index contributed by atoms with van der Waals surface area (Å²) in [6.45, 7) is 4.09. The molecule has 8 heteroatoms. The predicted molar refractivity (Wildman–Crippen MR) is 88.9 cm³/mol. The van der Waals surface area contributed by atoms with Crippen molar-refractivity contribution in [3.8, 4) is 0 Å². The van der Waals surface area contributed by atoms with Gasteiger partial charge in [0, 0.05) is 30.0 Å². The van der Waals surface area contributed by atoms with Crippen LogP contribution in [0.2, 0.25) is 0 Å². The van der Waals surface area contributed by atoms with Crippen LogP contribution in [-0.2, 0) is 0 Å². The normalized spacial score (nSPS) is 11.5. The maximum atomic E-state index is 12.4. The lowest BCUT2D eigenvalue weighted by atomic mass is 10.3. The minimum atomic E-state index is -0.307. The van der Waals surface area contributed by atoms with Gasteiger partial charge in [-0.25, -0.2) is 19.6 Å². The summed E-state index contributed by atoms with van der Waals surface area (Å²) in [5.74, 6) is 0.173. The molecule has 0 aliphatic rings. The number of fused-ring (bicyclic) bond motifs is 2. The monoisotopic (exact) mass is 321 g/mol. The molecular weight excluding hydrogens is 306 g/mol. The minimum Gasteiger partial charge on any atom is -0.319 e.